The third-order valence-corrected chi connectivity index (χ3v) is 6.09. The van der Waals surface area contributed by atoms with Crippen molar-refractivity contribution in [2.45, 2.75) is 19.3 Å². The van der Waals surface area contributed by atoms with Crippen molar-refractivity contribution in [3.8, 4) is 22.5 Å². The number of carbonyl (C=O) groups excluding carboxylic acids is 1. The molecule has 168 valence electrons. The summed E-state index contributed by atoms with van der Waals surface area (Å²) in [5.74, 6) is 1.60. The maximum Gasteiger partial charge on any atom is 0.180 e. The van der Waals surface area contributed by atoms with Crippen LogP contribution in [0.3, 0.4) is 0 Å². The van der Waals surface area contributed by atoms with Crippen LogP contribution in [0, 0.1) is 5.92 Å². The van der Waals surface area contributed by atoms with Crippen molar-refractivity contribution in [1.29, 1.82) is 0 Å². The molecule has 0 radical (unpaired) electrons. The number of benzene rings is 2. The lowest BCUT2D eigenvalue weighted by Gasteiger charge is -2.13. The van der Waals surface area contributed by atoms with Crippen LogP contribution in [0.5, 0.6) is 0 Å². The van der Waals surface area contributed by atoms with Crippen molar-refractivity contribution < 1.29 is 4.79 Å². The summed E-state index contributed by atoms with van der Waals surface area (Å²) < 4.78 is 2.09. The minimum absolute atomic E-state index is 0.241. The third-order valence-electron chi connectivity index (χ3n) is 6.09. The zero-order valence-corrected chi connectivity index (χ0v) is 19.2. The molecule has 4 aromatic rings. The number of aromatic nitrogens is 3. The van der Waals surface area contributed by atoms with E-state index in [1.54, 1.807) is 0 Å². The lowest BCUT2D eigenvalue weighted by atomic mass is 10.0. The summed E-state index contributed by atoms with van der Waals surface area (Å²) in [7, 11) is 4.11. The first-order valence-electron chi connectivity index (χ1n) is 11.5. The van der Waals surface area contributed by atoms with E-state index in [2.05, 4.69) is 40.8 Å². The Bertz CT molecular complexity index is 1260. The molecule has 5 rings (SSSR count). The van der Waals surface area contributed by atoms with E-state index < -0.39 is 0 Å². The molecule has 1 N–H and O–H groups in total. The van der Waals surface area contributed by atoms with Crippen LogP contribution in [0.4, 0.5) is 5.82 Å². The van der Waals surface area contributed by atoms with E-state index in [0.717, 1.165) is 52.6 Å². The number of likely N-dealkylation sites (N-methyl/N-ethyl adjacent to an activating group) is 1. The van der Waals surface area contributed by atoms with E-state index in [4.69, 9.17) is 9.97 Å². The molecular formula is C27H29N5O. The standard InChI is InChI=1S/C27H29N5O/c1-31(2)15-14-28-26-27-29-17-24(32(27)18-23(30-26)20-6-4-3-5-7-20)21-10-12-22(13-11-21)25(33)16-19-8-9-19/h3-7,10-13,17-19H,8-9,14-16H2,1-2H3,(H,28,30). The Morgan fingerprint density at radius 2 is 1.82 bits per heavy atom. The van der Waals surface area contributed by atoms with E-state index in [1.807, 2.05) is 54.9 Å². The van der Waals surface area contributed by atoms with E-state index >= 15 is 0 Å². The van der Waals surface area contributed by atoms with Gasteiger partial charge in [0.25, 0.3) is 0 Å². The van der Waals surface area contributed by atoms with Gasteiger partial charge in [-0.25, -0.2) is 9.97 Å². The van der Waals surface area contributed by atoms with Gasteiger partial charge in [-0.05, 0) is 32.9 Å². The zero-order valence-electron chi connectivity index (χ0n) is 19.2. The second kappa shape index (κ2) is 9.16. The Morgan fingerprint density at radius 1 is 1.06 bits per heavy atom. The molecule has 0 unspecified atom stereocenters. The van der Waals surface area contributed by atoms with Gasteiger partial charge in [0.1, 0.15) is 0 Å². The number of rotatable bonds is 9. The molecule has 2 aromatic heterocycles. The predicted molar refractivity (Wildman–Crippen MR) is 133 cm³/mol. The van der Waals surface area contributed by atoms with Crippen molar-refractivity contribution in [3.05, 3.63) is 72.6 Å². The van der Waals surface area contributed by atoms with Crippen molar-refractivity contribution in [3.63, 3.8) is 0 Å². The highest BCUT2D eigenvalue weighted by Gasteiger charge is 2.25. The Kier molecular flexibility index (Phi) is 5.92. The molecule has 1 aliphatic carbocycles. The van der Waals surface area contributed by atoms with Gasteiger partial charge in [-0.15, -0.1) is 0 Å². The monoisotopic (exact) mass is 439 g/mol. The molecule has 0 saturated heterocycles. The van der Waals surface area contributed by atoms with Crippen molar-refractivity contribution in [1.82, 2.24) is 19.3 Å². The van der Waals surface area contributed by atoms with Gasteiger partial charge in [-0.2, -0.15) is 0 Å². The van der Waals surface area contributed by atoms with E-state index in [0.29, 0.717) is 12.3 Å². The third kappa shape index (κ3) is 4.81. The van der Waals surface area contributed by atoms with E-state index in [1.165, 1.54) is 12.8 Å². The summed E-state index contributed by atoms with van der Waals surface area (Å²) in [6.45, 7) is 1.67. The number of fused-ring (bicyclic) bond motifs is 1. The Labute approximate surface area is 194 Å². The van der Waals surface area contributed by atoms with Gasteiger partial charge < -0.3 is 10.2 Å². The van der Waals surface area contributed by atoms with Crippen LogP contribution < -0.4 is 5.32 Å². The Balaban J connectivity index is 1.51. The van der Waals surface area contributed by atoms with Gasteiger partial charge in [-0.3, -0.25) is 9.20 Å². The van der Waals surface area contributed by atoms with Crippen molar-refractivity contribution in [2.24, 2.45) is 5.92 Å². The number of Topliss-reactive ketones (excluding diaryl/α,β-unsaturated/α-hetero) is 1. The smallest absolute Gasteiger partial charge is 0.180 e. The molecule has 33 heavy (non-hydrogen) atoms. The topological polar surface area (TPSA) is 62.5 Å². The van der Waals surface area contributed by atoms with Crippen LogP contribution in [-0.4, -0.2) is 52.2 Å². The number of hydrogen-bond donors (Lipinski definition) is 1. The molecule has 0 atom stereocenters. The molecule has 6 heteroatoms. The van der Waals surface area contributed by atoms with Gasteiger partial charge in [-0.1, -0.05) is 54.6 Å². The minimum atomic E-state index is 0.241. The van der Waals surface area contributed by atoms with E-state index in [-0.39, 0.29) is 5.78 Å². The van der Waals surface area contributed by atoms with Gasteiger partial charge >= 0.3 is 0 Å². The maximum absolute atomic E-state index is 12.5. The first-order valence-corrected chi connectivity index (χ1v) is 11.5. The lowest BCUT2D eigenvalue weighted by molar-refractivity contribution is 0.0976. The number of imidazole rings is 1. The number of ketones is 1. The molecular weight excluding hydrogens is 410 g/mol. The number of anilines is 1. The molecule has 1 saturated carbocycles. The second-order valence-corrected chi connectivity index (χ2v) is 9.06. The molecule has 1 aliphatic rings. The summed E-state index contributed by atoms with van der Waals surface area (Å²) >= 11 is 0. The summed E-state index contributed by atoms with van der Waals surface area (Å²) in [5, 5.41) is 3.46. The molecule has 2 aromatic carbocycles. The van der Waals surface area contributed by atoms with Crippen molar-refractivity contribution in [2.75, 3.05) is 32.5 Å². The number of carbonyl (C=O) groups is 1. The Morgan fingerprint density at radius 3 is 2.52 bits per heavy atom. The van der Waals surface area contributed by atoms with Crippen LogP contribution in [0.15, 0.2) is 67.0 Å². The fraction of sp³-hybridized carbons (Fsp3) is 0.296. The van der Waals surface area contributed by atoms with Crippen LogP contribution in [-0.2, 0) is 0 Å². The molecule has 0 aliphatic heterocycles. The fourth-order valence-corrected chi connectivity index (χ4v) is 4.00. The lowest BCUT2D eigenvalue weighted by Crippen LogP contribution is -2.21. The molecule has 6 nitrogen and oxygen atoms in total. The highest BCUT2D eigenvalue weighted by molar-refractivity contribution is 5.96. The summed E-state index contributed by atoms with van der Waals surface area (Å²) in [5.41, 5.74) is 5.51. The minimum Gasteiger partial charge on any atom is -0.366 e. The van der Waals surface area contributed by atoms with Crippen molar-refractivity contribution >= 4 is 17.2 Å². The SMILES string of the molecule is CN(C)CCNc1nc(-c2ccccc2)cn2c(-c3ccc(C(=O)CC4CC4)cc3)cnc12. The summed E-state index contributed by atoms with van der Waals surface area (Å²) in [4.78, 5) is 24.2. The predicted octanol–water partition coefficient (Wildman–Crippen LogP) is 5.02. The Hall–Kier alpha value is -3.51. The average Bonchev–Trinajstić information content (AvgIpc) is 3.54. The molecule has 0 spiro atoms. The molecule has 1 fully saturated rings. The summed E-state index contributed by atoms with van der Waals surface area (Å²) in [6, 6.07) is 18.1. The summed E-state index contributed by atoms with van der Waals surface area (Å²) in [6.07, 6.45) is 6.96. The highest BCUT2D eigenvalue weighted by atomic mass is 16.1. The largest absolute Gasteiger partial charge is 0.366 e. The van der Waals surface area contributed by atoms with Gasteiger partial charge in [0.2, 0.25) is 0 Å². The number of nitrogens with zero attached hydrogens (tertiary/aromatic N) is 4. The zero-order chi connectivity index (χ0) is 22.8. The first-order chi connectivity index (χ1) is 16.1. The average molecular weight is 440 g/mol. The van der Waals surface area contributed by atoms with Crippen LogP contribution in [0.1, 0.15) is 29.6 Å². The number of nitrogens with one attached hydrogen (secondary N) is 1. The maximum atomic E-state index is 12.5. The van der Waals surface area contributed by atoms with Gasteiger partial charge in [0, 0.05) is 42.4 Å². The quantitative estimate of drug-likeness (QED) is 0.371. The number of hydrogen-bond acceptors (Lipinski definition) is 5. The highest BCUT2D eigenvalue weighted by Crippen LogP contribution is 2.34. The van der Waals surface area contributed by atoms with Crippen LogP contribution in [0.2, 0.25) is 0 Å². The molecule has 2 heterocycles. The molecule has 0 bridgehead atoms. The van der Waals surface area contributed by atoms with E-state index in [9.17, 15) is 4.79 Å². The first kappa shape index (κ1) is 21.3. The normalized spacial score (nSPS) is 13.5. The fourth-order valence-electron chi connectivity index (χ4n) is 4.00. The van der Waals surface area contributed by atoms with Gasteiger partial charge in [0.15, 0.2) is 17.2 Å². The van der Waals surface area contributed by atoms with Gasteiger partial charge in [0.05, 0.1) is 17.6 Å². The van der Waals surface area contributed by atoms with Crippen LogP contribution in [0.25, 0.3) is 28.2 Å². The van der Waals surface area contributed by atoms with Crippen LogP contribution >= 0.6 is 0 Å². The second-order valence-electron chi connectivity index (χ2n) is 9.06. The molecule has 0 amide bonds.